The average molecular weight is 237 g/mol. The predicted octanol–water partition coefficient (Wildman–Crippen LogP) is 3.74. The van der Waals surface area contributed by atoms with Crippen LogP contribution < -0.4 is 0 Å². The lowest BCUT2D eigenvalue weighted by Crippen LogP contribution is -1.89. The maximum Gasteiger partial charge on any atom is 0.137 e. The molecule has 0 saturated heterocycles. The molecule has 0 bridgehead atoms. The van der Waals surface area contributed by atoms with Gasteiger partial charge in [0.15, 0.2) is 0 Å². The molecular weight excluding hydrogens is 222 g/mol. The van der Waals surface area contributed by atoms with E-state index in [0.717, 1.165) is 29.4 Å². The van der Waals surface area contributed by atoms with Gasteiger partial charge in [-0.15, -0.1) is 11.8 Å². The van der Waals surface area contributed by atoms with Crippen molar-refractivity contribution in [1.82, 2.24) is 5.16 Å². The summed E-state index contributed by atoms with van der Waals surface area (Å²) in [6, 6.07) is 1.99. The summed E-state index contributed by atoms with van der Waals surface area (Å²) in [5.74, 6) is 2.78. The molecule has 0 aliphatic rings. The number of rotatable bonds is 4. The molecule has 0 fully saturated rings. The number of nitrogens with zero attached hydrogens (tertiary/aromatic N) is 1. The van der Waals surface area contributed by atoms with Crippen LogP contribution >= 0.6 is 11.8 Å². The Morgan fingerprint density at radius 2 is 2.12 bits per heavy atom. The summed E-state index contributed by atoms with van der Waals surface area (Å²) >= 11 is 1.76. The first-order chi connectivity index (χ1) is 7.72. The van der Waals surface area contributed by atoms with Crippen LogP contribution in [0.3, 0.4) is 0 Å². The van der Waals surface area contributed by atoms with Crippen molar-refractivity contribution in [3.05, 3.63) is 35.1 Å². The molecule has 0 aromatic carbocycles. The monoisotopic (exact) mass is 237 g/mol. The van der Waals surface area contributed by atoms with E-state index in [-0.39, 0.29) is 0 Å². The lowest BCUT2D eigenvalue weighted by atomic mass is 10.2. The molecule has 0 saturated carbocycles. The highest BCUT2D eigenvalue weighted by Gasteiger charge is 2.12. The number of furan rings is 1. The fourth-order valence-corrected chi connectivity index (χ4v) is 2.65. The van der Waals surface area contributed by atoms with E-state index in [2.05, 4.69) is 12.1 Å². The van der Waals surface area contributed by atoms with Crippen molar-refractivity contribution in [3.63, 3.8) is 0 Å². The van der Waals surface area contributed by atoms with Gasteiger partial charge in [-0.2, -0.15) is 0 Å². The van der Waals surface area contributed by atoms with Crippen LogP contribution in [0.1, 0.15) is 29.7 Å². The Morgan fingerprint density at radius 3 is 2.75 bits per heavy atom. The molecular formula is C12H15NO2S. The number of aromatic nitrogens is 1. The largest absolute Gasteiger partial charge is 0.468 e. The SMILES string of the molecule is CCc1noc(C)c1CSc1ccoc1C. The van der Waals surface area contributed by atoms with Gasteiger partial charge in [0, 0.05) is 16.2 Å². The Hall–Kier alpha value is -1.16. The second-order valence-corrected chi connectivity index (χ2v) is 4.66. The molecule has 2 aromatic rings. The van der Waals surface area contributed by atoms with E-state index >= 15 is 0 Å². The minimum Gasteiger partial charge on any atom is -0.468 e. The van der Waals surface area contributed by atoms with Gasteiger partial charge in [-0.1, -0.05) is 12.1 Å². The molecule has 2 rings (SSSR count). The first-order valence-corrected chi connectivity index (χ1v) is 6.31. The fourth-order valence-electron chi connectivity index (χ4n) is 1.57. The van der Waals surface area contributed by atoms with Crippen LogP contribution in [0, 0.1) is 13.8 Å². The molecule has 86 valence electrons. The molecule has 3 nitrogen and oxygen atoms in total. The standard InChI is InChI=1S/C12H15NO2S/c1-4-11-10(8(2)15-13-11)7-16-12-5-6-14-9(12)3/h5-6H,4,7H2,1-3H3. The molecule has 2 aromatic heterocycles. The van der Waals surface area contributed by atoms with Gasteiger partial charge in [0.25, 0.3) is 0 Å². The van der Waals surface area contributed by atoms with Crippen molar-refractivity contribution in [2.24, 2.45) is 0 Å². The Labute approximate surface area is 99.2 Å². The zero-order valence-electron chi connectivity index (χ0n) is 9.74. The molecule has 2 heterocycles. The van der Waals surface area contributed by atoms with E-state index in [1.54, 1.807) is 18.0 Å². The molecule has 16 heavy (non-hydrogen) atoms. The number of aryl methyl sites for hydroxylation is 3. The van der Waals surface area contributed by atoms with Crippen molar-refractivity contribution >= 4 is 11.8 Å². The molecule has 0 unspecified atom stereocenters. The van der Waals surface area contributed by atoms with E-state index < -0.39 is 0 Å². The van der Waals surface area contributed by atoms with Gasteiger partial charge in [0.05, 0.1) is 12.0 Å². The zero-order valence-corrected chi connectivity index (χ0v) is 10.6. The molecule has 0 amide bonds. The lowest BCUT2D eigenvalue weighted by molar-refractivity contribution is 0.390. The second kappa shape index (κ2) is 4.78. The molecule has 4 heteroatoms. The van der Waals surface area contributed by atoms with Gasteiger partial charge in [0.1, 0.15) is 11.5 Å². The van der Waals surface area contributed by atoms with Crippen LogP contribution in [-0.4, -0.2) is 5.16 Å². The van der Waals surface area contributed by atoms with Crippen LogP contribution in [0.15, 0.2) is 26.2 Å². The molecule has 0 spiro atoms. The number of thioether (sulfide) groups is 1. The Bertz CT molecular complexity index is 473. The highest BCUT2D eigenvalue weighted by atomic mass is 32.2. The van der Waals surface area contributed by atoms with Gasteiger partial charge in [-0.3, -0.25) is 0 Å². The van der Waals surface area contributed by atoms with Gasteiger partial charge in [-0.25, -0.2) is 0 Å². The molecule has 0 aliphatic heterocycles. The Morgan fingerprint density at radius 1 is 1.31 bits per heavy atom. The maximum atomic E-state index is 5.26. The minimum absolute atomic E-state index is 0.888. The third-order valence-electron chi connectivity index (χ3n) is 2.58. The van der Waals surface area contributed by atoms with Crippen molar-refractivity contribution in [2.45, 2.75) is 37.8 Å². The van der Waals surface area contributed by atoms with Crippen LogP contribution in [-0.2, 0) is 12.2 Å². The first kappa shape index (κ1) is 11.3. The molecule has 0 radical (unpaired) electrons. The van der Waals surface area contributed by atoms with Crippen molar-refractivity contribution in [1.29, 1.82) is 0 Å². The fraction of sp³-hybridized carbons (Fsp3) is 0.417. The smallest absolute Gasteiger partial charge is 0.137 e. The summed E-state index contributed by atoms with van der Waals surface area (Å²) in [6.07, 6.45) is 2.64. The van der Waals surface area contributed by atoms with Crippen molar-refractivity contribution in [3.8, 4) is 0 Å². The molecule has 0 aliphatic carbocycles. The van der Waals surface area contributed by atoms with E-state index in [9.17, 15) is 0 Å². The van der Waals surface area contributed by atoms with Crippen molar-refractivity contribution < 1.29 is 8.94 Å². The zero-order chi connectivity index (χ0) is 11.5. The van der Waals surface area contributed by atoms with Crippen LogP contribution in [0.4, 0.5) is 0 Å². The summed E-state index contributed by atoms with van der Waals surface area (Å²) in [4.78, 5) is 1.18. The molecule has 0 N–H and O–H groups in total. The van der Waals surface area contributed by atoms with E-state index in [1.807, 2.05) is 19.9 Å². The molecule has 0 atom stereocenters. The average Bonchev–Trinajstić information content (AvgIpc) is 2.82. The maximum absolute atomic E-state index is 5.26. The summed E-state index contributed by atoms with van der Waals surface area (Å²) in [6.45, 7) is 6.03. The summed E-state index contributed by atoms with van der Waals surface area (Å²) in [7, 11) is 0. The van der Waals surface area contributed by atoms with Gasteiger partial charge < -0.3 is 8.94 Å². The second-order valence-electron chi connectivity index (χ2n) is 3.65. The first-order valence-electron chi connectivity index (χ1n) is 5.33. The third-order valence-corrected chi connectivity index (χ3v) is 3.75. The normalized spacial score (nSPS) is 10.9. The van der Waals surface area contributed by atoms with Crippen molar-refractivity contribution in [2.75, 3.05) is 0 Å². The van der Waals surface area contributed by atoms with Crippen LogP contribution in [0.2, 0.25) is 0 Å². The highest BCUT2D eigenvalue weighted by Crippen LogP contribution is 2.29. The minimum atomic E-state index is 0.888. The van der Waals surface area contributed by atoms with Crippen LogP contribution in [0.25, 0.3) is 0 Å². The number of hydrogen-bond acceptors (Lipinski definition) is 4. The lowest BCUT2D eigenvalue weighted by Gasteiger charge is -2.00. The van der Waals surface area contributed by atoms with E-state index in [1.165, 1.54) is 10.5 Å². The summed E-state index contributed by atoms with van der Waals surface area (Å²) < 4.78 is 10.5. The Balaban J connectivity index is 2.10. The number of hydrogen-bond donors (Lipinski definition) is 0. The van der Waals surface area contributed by atoms with Crippen LogP contribution in [0.5, 0.6) is 0 Å². The van der Waals surface area contributed by atoms with Gasteiger partial charge in [-0.05, 0) is 26.3 Å². The third kappa shape index (κ3) is 2.16. The quantitative estimate of drug-likeness (QED) is 0.759. The summed E-state index contributed by atoms with van der Waals surface area (Å²) in [5, 5.41) is 4.04. The van der Waals surface area contributed by atoms with E-state index in [0.29, 0.717) is 0 Å². The van der Waals surface area contributed by atoms with Gasteiger partial charge >= 0.3 is 0 Å². The van der Waals surface area contributed by atoms with Gasteiger partial charge in [0.2, 0.25) is 0 Å². The topological polar surface area (TPSA) is 39.2 Å². The predicted molar refractivity (Wildman–Crippen MR) is 63.6 cm³/mol. The summed E-state index contributed by atoms with van der Waals surface area (Å²) in [5.41, 5.74) is 2.28. The Kier molecular flexibility index (Phi) is 3.39. The highest BCUT2D eigenvalue weighted by molar-refractivity contribution is 7.98. The van der Waals surface area contributed by atoms with E-state index in [4.69, 9.17) is 8.94 Å².